The zero-order valence-corrected chi connectivity index (χ0v) is 16.3. The third-order valence-corrected chi connectivity index (χ3v) is 5.33. The molecule has 1 heterocycles. The highest BCUT2D eigenvalue weighted by atomic mass is 19.4. The van der Waals surface area contributed by atoms with Gasteiger partial charge in [0, 0.05) is 6.54 Å². The highest BCUT2D eigenvalue weighted by molar-refractivity contribution is 6.21. The van der Waals surface area contributed by atoms with E-state index >= 15 is 0 Å². The molecule has 1 aliphatic heterocycles. The van der Waals surface area contributed by atoms with Gasteiger partial charge in [-0.15, -0.1) is 0 Å². The number of fused-ring (bicyclic) bond motifs is 1. The van der Waals surface area contributed by atoms with Crippen molar-refractivity contribution in [3.63, 3.8) is 0 Å². The Balaban J connectivity index is 1.59. The number of alkyl halides is 3. The van der Waals surface area contributed by atoms with Crippen LogP contribution in [0.15, 0.2) is 48.5 Å². The van der Waals surface area contributed by atoms with Gasteiger partial charge in [-0.05, 0) is 49.1 Å². The minimum Gasteiger partial charge on any atom is -0.481 e. The number of carboxylic acids is 1. The van der Waals surface area contributed by atoms with Crippen molar-refractivity contribution in [2.75, 3.05) is 6.54 Å². The van der Waals surface area contributed by atoms with Crippen LogP contribution in [0, 0.1) is 5.92 Å². The lowest BCUT2D eigenvalue weighted by atomic mass is 9.93. The van der Waals surface area contributed by atoms with Crippen molar-refractivity contribution >= 4 is 17.8 Å². The maximum atomic E-state index is 12.6. The molecular weight excluding hydrogens is 415 g/mol. The largest absolute Gasteiger partial charge is 0.481 e. The minimum absolute atomic E-state index is 0.00441. The molecular formula is C22H20F3NO5. The van der Waals surface area contributed by atoms with Gasteiger partial charge in [0.1, 0.15) is 0 Å². The maximum absolute atomic E-state index is 12.6. The molecule has 0 fully saturated rings. The average molecular weight is 435 g/mol. The molecule has 6 nitrogen and oxygen atoms in total. The van der Waals surface area contributed by atoms with Gasteiger partial charge in [-0.1, -0.05) is 24.3 Å². The summed E-state index contributed by atoms with van der Waals surface area (Å²) in [5.41, 5.74) is 0.238. The number of halogens is 3. The molecule has 2 aromatic carbocycles. The molecule has 2 N–H and O–H groups in total. The summed E-state index contributed by atoms with van der Waals surface area (Å²) in [6.07, 6.45) is -5.71. The lowest BCUT2D eigenvalue weighted by Crippen LogP contribution is -2.36. The predicted molar refractivity (Wildman–Crippen MR) is 103 cm³/mol. The molecule has 0 aromatic heterocycles. The number of imide groups is 1. The Bertz CT molecular complexity index is 952. The molecule has 9 heteroatoms. The van der Waals surface area contributed by atoms with Crippen molar-refractivity contribution in [3.8, 4) is 0 Å². The van der Waals surface area contributed by atoms with Crippen molar-refractivity contribution in [1.82, 2.24) is 4.90 Å². The van der Waals surface area contributed by atoms with Crippen molar-refractivity contribution in [2.45, 2.75) is 31.5 Å². The normalized spacial score (nSPS) is 15.7. The SMILES string of the molecule is O=C(O)[C@@H](CCN1C(=O)c2ccccc2C1=O)[C@H](O)CCc1ccc(C(F)(F)F)cc1. The number of aliphatic carboxylic acids is 1. The second kappa shape index (κ2) is 8.89. The lowest BCUT2D eigenvalue weighted by molar-refractivity contribution is -0.146. The molecule has 2 aromatic rings. The number of rotatable bonds is 8. The molecule has 3 rings (SSSR count). The van der Waals surface area contributed by atoms with Crippen LogP contribution < -0.4 is 0 Å². The van der Waals surface area contributed by atoms with E-state index in [1.807, 2.05) is 0 Å². The van der Waals surface area contributed by atoms with Crippen molar-refractivity contribution < 1.29 is 37.8 Å². The fraction of sp³-hybridized carbons (Fsp3) is 0.318. The third-order valence-electron chi connectivity index (χ3n) is 5.33. The molecule has 0 aliphatic carbocycles. The van der Waals surface area contributed by atoms with Crippen LogP contribution in [0.1, 0.15) is 44.7 Å². The van der Waals surface area contributed by atoms with Crippen molar-refractivity contribution in [3.05, 3.63) is 70.8 Å². The number of nitrogens with zero attached hydrogens (tertiary/aromatic N) is 1. The fourth-order valence-corrected chi connectivity index (χ4v) is 3.57. The van der Waals surface area contributed by atoms with Gasteiger partial charge >= 0.3 is 12.1 Å². The minimum atomic E-state index is -4.45. The molecule has 0 saturated heterocycles. The topological polar surface area (TPSA) is 94.9 Å². The first-order chi connectivity index (χ1) is 14.6. The molecule has 2 atom stereocenters. The number of carbonyl (C=O) groups is 3. The van der Waals surface area contributed by atoms with Gasteiger partial charge in [-0.3, -0.25) is 19.3 Å². The summed E-state index contributed by atoms with van der Waals surface area (Å²) >= 11 is 0. The van der Waals surface area contributed by atoms with E-state index in [0.29, 0.717) is 5.56 Å². The zero-order valence-electron chi connectivity index (χ0n) is 16.3. The van der Waals surface area contributed by atoms with Crippen LogP contribution >= 0.6 is 0 Å². The van der Waals surface area contributed by atoms with E-state index in [9.17, 15) is 37.8 Å². The molecule has 0 bridgehead atoms. The number of carboxylic acid groups (broad SMARTS) is 1. The van der Waals surface area contributed by atoms with Gasteiger partial charge < -0.3 is 10.2 Å². The number of amides is 2. The van der Waals surface area contributed by atoms with Gasteiger partial charge in [-0.25, -0.2) is 0 Å². The highest BCUT2D eigenvalue weighted by Gasteiger charge is 2.36. The molecule has 0 radical (unpaired) electrons. The molecule has 0 spiro atoms. The van der Waals surface area contributed by atoms with E-state index in [1.54, 1.807) is 12.1 Å². The fourth-order valence-electron chi connectivity index (χ4n) is 3.57. The van der Waals surface area contributed by atoms with Gasteiger partial charge in [0.15, 0.2) is 0 Å². The number of carbonyl (C=O) groups excluding carboxylic acids is 2. The molecule has 1 aliphatic rings. The quantitative estimate of drug-likeness (QED) is 0.620. The number of aryl methyl sites for hydroxylation is 1. The third kappa shape index (κ3) is 4.93. The number of benzene rings is 2. The summed E-state index contributed by atoms with van der Waals surface area (Å²) in [5.74, 6) is -3.54. The smallest absolute Gasteiger partial charge is 0.416 e. The molecule has 164 valence electrons. The summed E-state index contributed by atoms with van der Waals surface area (Å²) in [4.78, 5) is 37.3. The van der Waals surface area contributed by atoms with Crippen LogP contribution in [-0.2, 0) is 17.4 Å². The van der Waals surface area contributed by atoms with Crippen LogP contribution in [0.4, 0.5) is 13.2 Å². The van der Waals surface area contributed by atoms with E-state index in [4.69, 9.17) is 0 Å². The predicted octanol–water partition coefficient (Wildman–Crippen LogP) is 3.39. The number of hydrogen-bond donors (Lipinski definition) is 2. The second-order valence-electron chi connectivity index (χ2n) is 7.34. The van der Waals surface area contributed by atoms with Crippen LogP contribution in [0.2, 0.25) is 0 Å². The maximum Gasteiger partial charge on any atom is 0.416 e. The second-order valence-corrected chi connectivity index (χ2v) is 7.34. The molecule has 0 unspecified atom stereocenters. The standard InChI is InChI=1S/C22H20F3NO5/c23-22(24,25)14-8-5-13(6-9-14)7-10-18(27)17(21(30)31)11-12-26-19(28)15-3-1-2-4-16(15)20(26)29/h1-6,8-9,17-18,27H,7,10-12H2,(H,30,31)/t17-,18+/m0/s1. The zero-order chi connectivity index (χ0) is 22.8. The van der Waals surface area contributed by atoms with Gasteiger partial charge in [0.25, 0.3) is 11.8 Å². The van der Waals surface area contributed by atoms with Crippen molar-refractivity contribution in [2.24, 2.45) is 5.92 Å². The van der Waals surface area contributed by atoms with Gasteiger partial charge in [0.05, 0.1) is 28.7 Å². The lowest BCUT2D eigenvalue weighted by Gasteiger charge is -2.22. The van der Waals surface area contributed by atoms with Crippen LogP contribution in [0.3, 0.4) is 0 Å². The first-order valence-corrected chi connectivity index (χ1v) is 9.62. The van der Waals surface area contributed by atoms with E-state index in [2.05, 4.69) is 0 Å². The Morgan fingerprint density at radius 2 is 1.48 bits per heavy atom. The van der Waals surface area contributed by atoms with Crippen LogP contribution in [0.25, 0.3) is 0 Å². The first-order valence-electron chi connectivity index (χ1n) is 9.62. The van der Waals surface area contributed by atoms with E-state index in [-0.39, 0.29) is 36.9 Å². The van der Waals surface area contributed by atoms with Crippen molar-refractivity contribution in [1.29, 1.82) is 0 Å². The number of aliphatic hydroxyl groups is 1. The summed E-state index contributed by atoms with van der Waals surface area (Å²) in [7, 11) is 0. The Morgan fingerprint density at radius 1 is 0.935 bits per heavy atom. The Morgan fingerprint density at radius 3 is 1.97 bits per heavy atom. The Labute approximate surface area is 175 Å². The summed E-state index contributed by atoms with van der Waals surface area (Å²) in [6, 6.07) is 10.7. The van der Waals surface area contributed by atoms with Gasteiger partial charge in [-0.2, -0.15) is 13.2 Å². The average Bonchev–Trinajstić information content (AvgIpc) is 2.97. The van der Waals surface area contributed by atoms with Crippen LogP contribution in [-0.4, -0.2) is 45.5 Å². The monoisotopic (exact) mass is 435 g/mol. The summed E-state index contributed by atoms with van der Waals surface area (Å²) < 4.78 is 37.9. The number of aliphatic hydroxyl groups excluding tert-OH is 1. The van der Waals surface area contributed by atoms with E-state index in [0.717, 1.165) is 17.0 Å². The summed E-state index contributed by atoms with van der Waals surface area (Å²) in [5, 5.41) is 19.8. The molecule has 2 amide bonds. The Kier molecular flexibility index (Phi) is 6.45. The Hall–Kier alpha value is -3.20. The van der Waals surface area contributed by atoms with E-state index in [1.165, 1.54) is 24.3 Å². The van der Waals surface area contributed by atoms with E-state index < -0.39 is 41.5 Å². The first kappa shape index (κ1) is 22.5. The summed E-state index contributed by atoms with van der Waals surface area (Å²) in [6.45, 7) is -0.166. The molecule has 0 saturated carbocycles. The molecule has 31 heavy (non-hydrogen) atoms. The van der Waals surface area contributed by atoms with Gasteiger partial charge in [0.2, 0.25) is 0 Å². The highest BCUT2D eigenvalue weighted by Crippen LogP contribution is 2.29. The number of hydrogen-bond acceptors (Lipinski definition) is 4. The van der Waals surface area contributed by atoms with Crippen LogP contribution in [0.5, 0.6) is 0 Å².